The molecule has 0 N–H and O–H groups in total. The molecule has 0 saturated carbocycles. The van der Waals surface area contributed by atoms with Crippen LogP contribution in [0.2, 0.25) is 0 Å². The molecule has 0 aromatic heterocycles. The zero-order chi connectivity index (χ0) is 10.6. The molecule has 0 bridgehead atoms. The Balaban J connectivity index is 2.97. The van der Waals surface area contributed by atoms with Crippen molar-refractivity contribution in [1.82, 2.24) is 0 Å². The molecule has 2 heteroatoms. The van der Waals surface area contributed by atoms with Gasteiger partial charge in [-0.2, -0.15) is 0 Å². The molecule has 0 aliphatic rings. The van der Waals surface area contributed by atoms with Gasteiger partial charge in [-0.1, -0.05) is 23.8 Å². The van der Waals surface area contributed by atoms with E-state index >= 15 is 0 Å². The Kier molecular flexibility index (Phi) is 3.57. The van der Waals surface area contributed by atoms with Gasteiger partial charge in [0.15, 0.2) is 0 Å². The monoisotopic (exact) mass is 194 g/mol. The highest BCUT2D eigenvalue weighted by Gasteiger charge is 2.02. The van der Waals surface area contributed by atoms with Crippen LogP contribution in [0.4, 0.5) is 8.78 Å². The van der Waals surface area contributed by atoms with Crippen LogP contribution in [-0.2, 0) is 0 Å². The lowest BCUT2D eigenvalue weighted by molar-refractivity contribution is 0.579. The summed E-state index contributed by atoms with van der Waals surface area (Å²) in [5, 5.41) is 0. The smallest absolute Gasteiger partial charge is 0.133 e. The highest BCUT2D eigenvalue weighted by atomic mass is 19.1. The van der Waals surface area contributed by atoms with Crippen LogP contribution in [0.15, 0.2) is 35.9 Å². The second-order valence-corrected chi connectivity index (χ2v) is 3.24. The lowest BCUT2D eigenvalue weighted by Crippen LogP contribution is -1.86. The number of halogens is 2. The number of allylic oxidation sites excluding steroid dienone is 3. The van der Waals surface area contributed by atoms with E-state index in [2.05, 4.69) is 0 Å². The summed E-state index contributed by atoms with van der Waals surface area (Å²) in [6, 6.07) is 3.83. The van der Waals surface area contributed by atoms with Gasteiger partial charge in [-0.15, -0.1) is 0 Å². The minimum Gasteiger partial charge on any atom is -0.206 e. The number of benzene rings is 1. The van der Waals surface area contributed by atoms with Crippen molar-refractivity contribution in [2.45, 2.75) is 13.8 Å². The third-order valence-corrected chi connectivity index (χ3v) is 1.69. The highest BCUT2D eigenvalue weighted by molar-refractivity contribution is 5.52. The van der Waals surface area contributed by atoms with Crippen LogP contribution in [0, 0.1) is 11.6 Å². The topological polar surface area (TPSA) is 0 Å². The van der Waals surface area contributed by atoms with Crippen molar-refractivity contribution in [2.75, 3.05) is 0 Å². The average Bonchev–Trinajstić information content (AvgIpc) is 2.09. The first kappa shape index (κ1) is 10.6. The predicted molar refractivity (Wildman–Crippen MR) is 54.8 cm³/mol. The predicted octanol–water partition coefficient (Wildman–Crippen LogP) is 3.94. The molecule has 1 rings (SSSR count). The maximum Gasteiger partial charge on any atom is 0.133 e. The largest absolute Gasteiger partial charge is 0.206 e. The van der Waals surface area contributed by atoms with Crippen LogP contribution >= 0.6 is 0 Å². The normalized spacial score (nSPS) is 10.6. The Morgan fingerprint density at radius 2 is 1.71 bits per heavy atom. The Morgan fingerprint density at radius 3 is 2.21 bits per heavy atom. The summed E-state index contributed by atoms with van der Waals surface area (Å²) < 4.78 is 26.1. The van der Waals surface area contributed by atoms with Crippen LogP contribution < -0.4 is 0 Å². The minimum atomic E-state index is -0.539. The third-order valence-electron chi connectivity index (χ3n) is 1.69. The Morgan fingerprint density at radius 1 is 1.14 bits per heavy atom. The zero-order valence-electron chi connectivity index (χ0n) is 8.22. The number of rotatable bonds is 2. The molecule has 0 spiro atoms. The summed E-state index contributed by atoms with van der Waals surface area (Å²) in [4.78, 5) is 0. The zero-order valence-corrected chi connectivity index (χ0v) is 8.22. The first-order valence-corrected chi connectivity index (χ1v) is 4.37. The summed E-state index contributed by atoms with van der Waals surface area (Å²) >= 11 is 0. The van der Waals surface area contributed by atoms with Crippen LogP contribution in [0.1, 0.15) is 19.4 Å². The molecule has 0 nitrogen and oxygen atoms in total. The van der Waals surface area contributed by atoms with Gasteiger partial charge < -0.3 is 0 Å². The Bertz CT molecular complexity index is 352. The molecule has 74 valence electrons. The fourth-order valence-corrected chi connectivity index (χ4v) is 1.01. The molecule has 0 atom stereocenters. The summed E-state index contributed by atoms with van der Waals surface area (Å²) in [6.45, 7) is 3.84. The van der Waals surface area contributed by atoms with Crippen molar-refractivity contribution in [3.05, 3.63) is 53.1 Å². The van der Waals surface area contributed by atoms with E-state index < -0.39 is 11.6 Å². The van der Waals surface area contributed by atoms with Gasteiger partial charge in [0, 0.05) is 5.56 Å². The van der Waals surface area contributed by atoms with Crippen LogP contribution in [0.3, 0.4) is 0 Å². The van der Waals surface area contributed by atoms with Crippen molar-refractivity contribution in [1.29, 1.82) is 0 Å². The van der Waals surface area contributed by atoms with Crippen molar-refractivity contribution in [3.63, 3.8) is 0 Å². The van der Waals surface area contributed by atoms with Gasteiger partial charge in [0.25, 0.3) is 0 Å². The van der Waals surface area contributed by atoms with Crippen LogP contribution in [0.25, 0.3) is 6.08 Å². The number of hydrogen-bond acceptors (Lipinski definition) is 0. The van der Waals surface area contributed by atoms with Crippen molar-refractivity contribution < 1.29 is 8.78 Å². The molecule has 0 unspecified atom stereocenters. The summed E-state index contributed by atoms with van der Waals surface area (Å²) in [6.07, 6.45) is 4.86. The van der Waals surface area contributed by atoms with Gasteiger partial charge in [0.05, 0.1) is 0 Å². The van der Waals surface area contributed by atoms with Crippen LogP contribution in [0.5, 0.6) is 0 Å². The van der Waals surface area contributed by atoms with Gasteiger partial charge in [-0.3, -0.25) is 0 Å². The standard InChI is InChI=1S/C12H12F2/c1-9(2)5-3-6-10-11(13)7-4-8-12(10)14/h3-8H,1-2H3/b6-3-. The average molecular weight is 194 g/mol. The Hall–Kier alpha value is -1.44. The summed E-state index contributed by atoms with van der Waals surface area (Å²) in [5.41, 5.74) is 1.09. The third kappa shape index (κ3) is 2.80. The molecule has 14 heavy (non-hydrogen) atoms. The van der Waals surface area contributed by atoms with Gasteiger partial charge in [-0.05, 0) is 32.1 Å². The van der Waals surface area contributed by atoms with E-state index in [1.54, 1.807) is 12.2 Å². The van der Waals surface area contributed by atoms with E-state index in [9.17, 15) is 8.78 Å². The quantitative estimate of drug-likeness (QED) is 0.625. The molecule has 0 aliphatic heterocycles. The maximum absolute atomic E-state index is 13.1. The van der Waals surface area contributed by atoms with Gasteiger partial charge in [-0.25, -0.2) is 8.78 Å². The van der Waals surface area contributed by atoms with Gasteiger partial charge in [0.1, 0.15) is 11.6 Å². The molecule has 0 aliphatic carbocycles. The SMILES string of the molecule is CC(C)=C/C=C\c1c(F)cccc1F. The fraction of sp³-hybridized carbons (Fsp3) is 0.167. The fourth-order valence-electron chi connectivity index (χ4n) is 1.01. The van der Waals surface area contributed by atoms with E-state index in [4.69, 9.17) is 0 Å². The lowest BCUT2D eigenvalue weighted by atomic mass is 10.1. The first-order valence-electron chi connectivity index (χ1n) is 4.37. The molecule has 0 radical (unpaired) electrons. The maximum atomic E-state index is 13.1. The highest BCUT2D eigenvalue weighted by Crippen LogP contribution is 2.13. The second-order valence-electron chi connectivity index (χ2n) is 3.24. The summed E-state index contributed by atoms with van der Waals surface area (Å²) in [5.74, 6) is -1.08. The summed E-state index contributed by atoms with van der Waals surface area (Å²) in [7, 11) is 0. The first-order chi connectivity index (χ1) is 6.61. The van der Waals surface area contributed by atoms with E-state index in [1.807, 2.05) is 13.8 Å². The van der Waals surface area contributed by atoms with Crippen molar-refractivity contribution in [3.8, 4) is 0 Å². The van der Waals surface area contributed by atoms with Crippen molar-refractivity contribution in [2.24, 2.45) is 0 Å². The molecule has 0 saturated heterocycles. The molecule has 0 amide bonds. The molecular formula is C12H12F2. The minimum absolute atomic E-state index is 0.00463. The van der Waals surface area contributed by atoms with Crippen LogP contribution in [-0.4, -0.2) is 0 Å². The van der Waals surface area contributed by atoms with Crippen molar-refractivity contribution >= 4 is 6.08 Å². The molecule has 1 aromatic rings. The Labute approximate surface area is 82.6 Å². The molecule has 0 heterocycles. The van der Waals surface area contributed by atoms with E-state index in [0.29, 0.717) is 0 Å². The molecule has 0 fully saturated rings. The lowest BCUT2D eigenvalue weighted by Gasteiger charge is -1.97. The molecule has 1 aromatic carbocycles. The molecular weight excluding hydrogens is 182 g/mol. The van der Waals surface area contributed by atoms with E-state index in [-0.39, 0.29) is 5.56 Å². The van der Waals surface area contributed by atoms with E-state index in [1.165, 1.54) is 24.3 Å². The number of hydrogen-bond donors (Lipinski definition) is 0. The second kappa shape index (κ2) is 4.70. The van der Waals surface area contributed by atoms with E-state index in [0.717, 1.165) is 5.57 Å². The van der Waals surface area contributed by atoms with Gasteiger partial charge >= 0.3 is 0 Å². The van der Waals surface area contributed by atoms with Gasteiger partial charge in [0.2, 0.25) is 0 Å².